The van der Waals surface area contributed by atoms with Crippen molar-refractivity contribution in [1.82, 2.24) is 0 Å². The van der Waals surface area contributed by atoms with Gasteiger partial charge in [-0.15, -0.1) is 0 Å². The van der Waals surface area contributed by atoms with E-state index in [4.69, 9.17) is 10.5 Å². The van der Waals surface area contributed by atoms with Crippen LogP contribution >= 0.6 is 0 Å². The zero-order valence-corrected chi connectivity index (χ0v) is 10.3. The van der Waals surface area contributed by atoms with Crippen LogP contribution in [0.2, 0.25) is 0 Å². The van der Waals surface area contributed by atoms with Crippen molar-refractivity contribution < 1.29 is 9.59 Å². The van der Waals surface area contributed by atoms with Gasteiger partial charge < -0.3 is 0 Å². The highest BCUT2D eigenvalue weighted by Crippen LogP contribution is 1.93. The number of aliphatic imine (C=N–C) groups is 2. The van der Waals surface area contributed by atoms with Crippen LogP contribution in [-0.4, -0.2) is 37.1 Å². The first-order chi connectivity index (χ1) is 8.52. The minimum Gasteiger partial charge on any atom is -0.298 e. The Morgan fingerprint density at radius 2 is 1.33 bits per heavy atom. The second-order valence-electron chi connectivity index (χ2n) is 3.55. The number of nitrogens with zero attached hydrogens (tertiary/aromatic N) is 4. The maximum Gasteiger partial charge on any atom is 0.152 e. The topological polar surface area (TPSA) is 106 Å². The maximum atomic E-state index is 10.9. The van der Waals surface area contributed by atoms with Crippen LogP contribution < -0.4 is 0 Å². The van der Waals surface area contributed by atoms with Gasteiger partial charge in [0.2, 0.25) is 0 Å². The lowest BCUT2D eigenvalue weighted by molar-refractivity contribution is -0.118. The van der Waals surface area contributed by atoms with E-state index < -0.39 is 11.8 Å². The van der Waals surface area contributed by atoms with Crippen molar-refractivity contribution in [2.75, 3.05) is 13.1 Å². The van der Waals surface area contributed by atoms with Crippen LogP contribution in [0.25, 0.3) is 0 Å². The third-order valence-corrected chi connectivity index (χ3v) is 2.02. The Balaban J connectivity index is 4.08. The Kier molecular flexibility index (Phi) is 7.63. The summed E-state index contributed by atoms with van der Waals surface area (Å²) in [6, 6.07) is 3.62. The third-order valence-electron chi connectivity index (χ3n) is 2.02. The molecule has 0 radical (unpaired) electrons. The van der Waals surface area contributed by atoms with Crippen molar-refractivity contribution in [2.24, 2.45) is 21.8 Å². The molecule has 0 heterocycles. The van der Waals surface area contributed by atoms with Gasteiger partial charge in [-0.25, -0.2) is 0 Å². The van der Waals surface area contributed by atoms with Gasteiger partial charge >= 0.3 is 0 Å². The number of rotatable bonds is 7. The maximum absolute atomic E-state index is 10.9. The molecule has 18 heavy (non-hydrogen) atoms. The lowest BCUT2D eigenvalue weighted by Crippen LogP contribution is -2.11. The number of carbonyl (C=O) groups excluding carboxylic acids is 2. The Morgan fingerprint density at radius 1 is 1.00 bits per heavy atom. The van der Waals surface area contributed by atoms with Gasteiger partial charge in [-0.3, -0.25) is 19.6 Å². The van der Waals surface area contributed by atoms with Gasteiger partial charge in [0.15, 0.2) is 11.6 Å². The zero-order chi connectivity index (χ0) is 14.0. The fourth-order valence-corrected chi connectivity index (χ4v) is 0.934. The highest BCUT2D eigenvalue weighted by Gasteiger charge is 2.09. The number of Topliss-reactive ketones (excluding diaryl/α,β-unsaturated/α-hetero) is 2. The molecule has 0 bridgehead atoms. The highest BCUT2D eigenvalue weighted by atomic mass is 16.1. The monoisotopic (exact) mass is 246 g/mol. The SMILES string of the molecule is CC(=O)C(C#N)/C=N/CC/N=C/C(C#N)C(C)=O. The van der Waals surface area contributed by atoms with E-state index in [1.807, 2.05) is 12.1 Å². The molecule has 2 unspecified atom stereocenters. The summed E-state index contributed by atoms with van der Waals surface area (Å²) < 4.78 is 0. The summed E-state index contributed by atoms with van der Waals surface area (Å²) in [5.74, 6) is -2.16. The van der Waals surface area contributed by atoms with Crippen LogP contribution in [0.4, 0.5) is 0 Å². The molecule has 0 saturated heterocycles. The minimum absolute atomic E-state index is 0.258. The van der Waals surface area contributed by atoms with E-state index in [1.54, 1.807) is 0 Å². The predicted molar refractivity (Wildman–Crippen MR) is 66.3 cm³/mol. The molecule has 0 saturated carbocycles. The molecule has 0 amide bonds. The molecule has 94 valence electrons. The molecule has 0 aromatic rings. The number of hydrogen-bond acceptors (Lipinski definition) is 6. The summed E-state index contributed by atoms with van der Waals surface area (Å²) in [7, 11) is 0. The Bertz CT molecular complexity index is 398. The van der Waals surface area contributed by atoms with Gasteiger partial charge in [0.25, 0.3) is 0 Å². The number of hydrogen-bond donors (Lipinski definition) is 0. The Morgan fingerprint density at radius 3 is 1.56 bits per heavy atom. The Labute approximate surface area is 106 Å². The lowest BCUT2D eigenvalue weighted by Gasteiger charge is -1.96. The van der Waals surface area contributed by atoms with Crippen molar-refractivity contribution in [3.63, 3.8) is 0 Å². The quantitative estimate of drug-likeness (QED) is 0.483. The van der Waals surface area contributed by atoms with Gasteiger partial charge in [0.05, 0.1) is 25.2 Å². The van der Waals surface area contributed by atoms with Gasteiger partial charge in [0.1, 0.15) is 11.8 Å². The number of carbonyl (C=O) groups is 2. The summed E-state index contributed by atoms with van der Waals surface area (Å²) in [5.41, 5.74) is 0. The van der Waals surface area contributed by atoms with Crippen LogP contribution in [-0.2, 0) is 9.59 Å². The molecule has 0 aliphatic carbocycles. The lowest BCUT2D eigenvalue weighted by atomic mass is 10.1. The smallest absolute Gasteiger partial charge is 0.152 e. The van der Waals surface area contributed by atoms with Crippen LogP contribution in [0.3, 0.4) is 0 Å². The molecular formula is C12H14N4O2. The van der Waals surface area contributed by atoms with Crippen molar-refractivity contribution in [1.29, 1.82) is 10.5 Å². The van der Waals surface area contributed by atoms with E-state index in [0.29, 0.717) is 13.1 Å². The van der Waals surface area contributed by atoms with E-state index >= 15 is 0 Å². The van der Waals surface area contributed by atoms with Crippen LogP contribution in [0.15, 0.2) is 9.98 Å². The summed E-state index contributed by atoms with van der Waals surface area (Å²) in [6.07, 6.45) is 2.56. The number of ketones is 2. The van der Waals surface area contributed by atoms with Crippen LogP contribution in [0.5, 0.6) is 0 Å². The van der Waals surface area contributed by atoms with E-state index in [0.717, 1.165) is 0 Å². The zero-order valence-electron chi connectivity index (χ0n) is 10.3. The molecule has 6 nitrogen and oxygen atoms in total. The average molecular weight is 246 g/mol. The van der Waals surface area contributed by atoms with Crippen molar-refractivity contribution in [2.45, 2.75) is 13.8 Å². The standard InChI is InChI=1S/C12H14N4O2/c1-9(17)11(5-13)7-15-3-4-16-8-12(6-14)10(2)18/h7-8,11-12H,3-4H2,1-2H3/b15-7+,16-8+. The summed E-state index contributed by atoms with van der Waals surface area (Å²) >= 11 is 0. The van der Waals surface area contributed by atoms with E-state index in [1.165, 1.54) is 26.3 Å². The fraction of sp³-hybridized carbons (Fsp3) is 0.500. The second kappa shape index (κ2) is 8.77. The summed E-state index contributed by atoms with van der Waals surface area (Å²) in [5, 5.41) is 17.2. The van der Waals surface area contributed by atoms with Crippen molar-refractivity contribution >= 4 is 24.0 Å². The average Bonchev–Trinajstić information content (AvgIpc) is 2.32. The highest BCUT2D eigenvalue weighted by molar-refractivity contribution is 5.96. The van der Waals surface area contributed by atoms with Gasteiger partial charge in [0, 0.05) is 12.4 Å². The third kappa shape index (κ3) is 6.29. The van der Waals surface area contributed by atoms with Gasteiger partial charge in [-0.1, -0.05) is 0 Å². The fourth-order valence-electron chi connectivity index (χ4n) is 0.934. The summed E-state index contributed by atoms with van der Waals surface area (Å²) in [4.78, 5) is 29.5. The largest absolute Gasteiger partial charge is 0.298 e. The van der Waals surface area contributed by atoms with E-state index in [9.17, 15) is 9.59 Å². The van der Waals surface area contributed by atoms with Crippen molar-refractivity contribution in [3.8, 4) is 12.1 Å². The minimum atomic E-state index is -0.821. The molecule has 0 aliphatic heterocycles. The molecular weight excluding hydrogens is 232 g/mol. The summed E-state index contributed by atoms with van der Waals surface area (Å²) in [6.45, 7) is 3.25. The molecule has 0 fully saturated rings. The van der Waals surface area contributed by atoms with Gasteiger partial charge in [-0.2, -0.15) is 10.5 Å². The predicted octanol–water partition coefficient (Wildman–Crippen LogP) is 0.586. The number of nitriles is 2. The molecule has 0 spiro atoms. The molecule has 0 N–H and O–H groups in total. The molecule has 0 aliphatic rings. The molecule has 2 atom stereocenters. The van der Waals surface area contributed by atoms with E-state index in [-0.39, 0.29) is 11.6 Å². The van der Waals surface area contributed by atoms with E-state index in [2.05, 4.69) is 9.98 Å². The first kappa shape index (κ1) is 15.7. The van der Waals surface area contributed by atoms with Crippen LogP contribution in [0, 0.1) is 34.5 Å². The van der Waals surface area contributed by atoms with Crippen LogP contribution in [0.1, 0.15) is 13.8 Å². The first-order valence-corrected chi connectivity index (χ1v) is 5.33. The van der Waals surface area contributed by atoms with Crippen molar-refractivity contribution in [3.05, 3.63) is 0 Å². The van der Waals surface area contributed by atoms with Gasteiger partial charge in [-0.05, 0) is 13.8 Å². The molecule has 0 aromatic heterocycles. The first-order valence-electron chi connectivity index (χ1n) is 5.33. The molecule has 0 aromatic carbocycles. The second-order valence-corrected chi connectivity index (χ2v) is 3.55. The normalized spacial score (nSPS) is 14.0. The molecule has 0 rings (SSSR count). The Hall–Kier alpha value is -2.34. The molecule has 6 heteroatoms.